The molecule has 2 atom stereocenters. The lowest BCUT2D eigenvalue weighted by Gasteiger charge is -2.14. The number of carbonyl (C=O) groups is 1. The first-order valence-corrected chi connectivity index (χ1v) is 7.98. The van der Waals surface area contributed by atoms with Gasteiger partial charge in [-0.3, -0.25) is 14.8 Å². The maximum Gasteiger partial charge on any atom is 0.219 e. The van der Waals surface area contributed by atoms with E-state index in [4.69, 9.17) is 10.8 Å². The summed E-state index contributed by atoms with van der Waals surface area (Å²) >= 11 is 0. The molecule has 0 fully saturated rings. The topological polar surface area (TPSA) is 90.6 Å². The molecule has 0 spiro atoms. The van der Waals surface area contributed by atoms with Crippen LogP contribution in [0.25, 0.3) is 0 Å². The van der Waals surface area contributed by atoms with E-state index in [2.05, 4.69) is 9.97 Å². The minimum atomic E-state index is -0.471. The predicted octanol–water partition coefficient (Wildman–Crippen LogP) is 3.77. The van der Waals surface area contributed by atoms with Crippen molar-refractivity contribution in [1.29, 1.82) is 10.8 Å². The van der Waals surface area contributed by atoms with Crippen LogP contribution in [0.2, 0.25) is 0 Å². The molecule has 0 aliphatic heterocycles. The van der Waals surface area contributed by atoms with Crippen LogP contribution in [0.4, 0.5) is 0 Å². The Morgan fingerprint density at radius 3 is 1.67 bits per heavy atom. The predicted molar refractivity (Wildman–Crippen MR) is 95.0 cm³/mol. The van der Waals surface area contributed by atoms with Gasteiger partial charge in [-0.2, -0.15) is 0 Å². The van der Waals surface area contributed by atoms with Crippen molar-refractivity contribution in [1.82, 2.24) is 9.97 Å². The van der Waals surface area contributed by atoms with Crippen molar-refractivity contribution in [2.24, 2.45) is 0 Å². The van der Waals surface area contributed by atoms with Gasteiger partial charge in [-0.15, -0.1) is 0 Å². The van der Waals surface area contributed by atoms with Gasteiger partial charge < -0.3 is 10.8 Å². The molecule has 0 aromatic carbocycles. The second kappa shape index (κ2) is 8.24. The molecule has 24 heavy (non-hydrogen) atoms. The van der Waals surface area contributed by atoms with Gasteiger partial charge in [0.1, 0.15) is 0 Å². The van der Waals surface area contributed by atoms with Gasteiger partial charge in [0.2, 0.25) is 5.78 Å². The van der Waals surface area contributed by atoms with Crippen molar-refractivity contribution in [2.45, 2.75) is 38.5 Å². The monoisotopic (exact) mass is 322 g/mol. The SMILES string of the molecule is CC(CC(=N)C(=O)C(=N)CC(C)c1cccnc1)c1cccnc1. The Labute approximate surface area is 142 Å². The number of ketones is 1. The number of hydrogen-bond donors (Lipinski definition) is 2. The zero-order chi connectivity index (χ0) is 17.5. The molecular weight excluding hydrogens is 300 g/mol. The van der Waals surface area contributed by atoms with E-state index in [-0.39, 0.29) is 23.3 Å². The molecular formula is C19H22N4O. The Morgan fingerprint density at radius 2 is 1.33 bits per heavy atom. The van der Waals surface area contributed by atoms with Crippen LogP contribution in [0.5, 0.6) is 0 Å². The van der Waals surface area contributed by atoms with Gasteiger partial charge in [0, 0.05) is 24.8 Å². The fourth-order valence-corrected chi connectivity index (χ4v) is 2.55. The van der Waals surface area contributed by atoms with E-state index in [0.29, 0.717) is 12.8 Å². The average Bonchev–Trinajstić information content (AvgIpc) is 2.62. The highest BCUT2D eigenvalue weighted by Gasteiger charge is 2.21. The Kier molecular flexibility index (Phi) is 6.07. The first-order chi connectivity index (χ1) is 11.5. The largest absolute Gasteiger partial charge is 0.301 e. The minimum absolute atomic E-state index is 0.0188. The van der Waals surface area contributed by atoms with E-state index < -0.39 is 5.78 Å². The second-order valence-corrected chi connectivity index (χ2v) is 6.07. The summed E-state index contributed by atoms with van der Waals surface area (Å²) < 4.78 is 0. The van der Waals surface area contributed by atoms with E-state index in [9.17, 15) is 4.79 Å². The number of carbonyl (C=O) groups excluding carboxylic acids is 1. The molecule has 5 heteroatoms. The summed E-state index contributed by atoms with van der Waals surface area (Å²) in [6, 6.07) is 7.56. The average molecular weight is 322 g/mol. The summed E-state index contributed by atoms with van der Waals surface area (Å²) in [5, 5.41) is 16.1. The number of nitrogens with one attached hydrogen (secondary N) is 2. The highest BCUT2D eigenvalue weighted by molar-refractivity contribution is 6.65. The van der Waals surface area contributed by atoms with Crippen LogP contribution in [-0.2, 0) is 4.79 Å². The van der Waals surface area contributed by atoms with Gasteiger partial charge in [0.25, 0.3) is 0 Å². The number of nitrogens with zero attached hydrogens (tertiary/aromatic N) is 2. The lowest BCUT2D eigenvalue weighted by molar-refractivity contribution is -0.107. The number of Topliss-reactive ketones (excluding diaryl/α,β-unsaturated/α-hetero) is 1. The van der Waals surface area contributed by atoms with Crippen molar-refractivity contribution in [3.63, 3.8) is 0 Å². The molecule has 0 amide bonds. The van der Waals surface area contributed by atoms with E-state index in [1.54, 1.807) is 24.8 Å². The molecule has 0 aliphatic rings. The van der Waals surface area contributed by atoms with E-state index in [1.165, 1.54) is 0 Å². The lowest BCUT2D eigenvalue weighted by atomic mass is 9.90. The normalized spacial score (nSPS) is 13.1. The van der Waals surface area contributed by atoms with Crippen LogP contribution < -0.4 is 0 Å². The smallest absolute Gasteiger partial charge is 0.219 e. The second-order valence-electron chi connectivity index (χ2n) is 6.07. The first-order valence-electron chi connectivity index (χ1n) is 7.98. The van der Waals surface area contributed by atoms with Gasteiger partial charge in [-0.1, -0.05) is 26.0 Å². The van der Waals surface area contributed by atoms with E-state index in [1.807, 2.05) is 38.1 Å². The molecule has 2 rings (SSSR count). The maximum atomic E-state index is 12.3. The van der Waals surface area contributed by atoms with E-state index >= 15 is 0 Å². The molecule has 0 saturated heterocycles. The van der Waals surface area contributed by atoms with Crippen molar-refractivity contribution in [2.75, 3.05) is 0 Å². The van der Waals surface area contributed by atoms with Gasteiger partial charge >= 0.3 is 0 Å². The van der Waals surface area contributed by atoms with Crippen molar-refractivity contribution in [3.8, 4) is 0 Å². The summed E-state index contributed by atoms with van der Waals surface area (Å²) in [5.74, 6) is -0.418. The van der Waals surface area contributed by atoms with Crippen LogP contribution in [0.1, 0.15) is 49.7 Å². The third-order valence-corrected chi connectivity index (χ3v) is 4.08. The maximum absolute atomic E-state index is 12.3. The van der Waals surface area contributed by atoms with Gasteiger partial charge in [-0.05, 0) is 47.9 Å². The molecule has 124 valence electrons. The Morgan fingerprint density at radius 1 is 0.917 bits per heavy atom. The third kappa shape index (κ3) is 4.65. The summed E-state index contributed by atoms with van der Waals surface area (Å²) in [4.78, 5) is 20.4. The molecule has 0 bridgehead atoms. The summed E-state index contributed by atoms with van der Waals surface area (Å²) in [7, 11) is 0. The molecule has 0 radical (unpaired) electrons. The molecule has 0 aliphatic carbocycles. The highest BCUT2D eigenvalue weighted by atomic mass is 16.1. The van der Waals surface area contributed by atoms with Crippen LogP contribution >= 0.6 is 0 Å². The minimum Gasteiger partial charge on any atom is -0.301 e. The van der Waals surface area contributed by atoms with Crippen LogP contribution in [0, 0.1) is 10.8 Å². The molecule has 0 saturated carbocycles. The Bertz CT molecular complexity index is 651. The quantitative estimate of drug-likeness (QED) is 0.725. The number of hydrogen-bond acceptors (Lipinski definition) is 5. The van der Waals surface area contributed by atoms with Gasteiger partial charge in [-0.25, -0.2) is 0 Å². The third-order valence-electron chi connectivity index (χ3n) is 4.08. The summed E-state index contributed by atoms with van der Waals surface area (Å²) in [5.41, 5.74) is 1.94. The van der Waals surface area contributed by atoms with Gasteiger partial charge in [0.15, 0.2) is 0 Å². The number of rotatable bonds is 8. The first kappa shape index (κ1) is 17.7. The molecule has 2 N–H and O–H groups in total. The highest BCUT2D eigenvalue weighted by Crippen LogP contribution is 2.21. The molecule has 2 unspecified atom stereocenters. The number of aromatic nitrogens is 2. The molecule has 2 aromatic heterocycles. The fraction of sp³-hybridized carbons (Fsp3) is 0.316. The number of pyridine rings is 2. The summed E-state index contributed by atoms with van der Waals surface area (Å²) in [6.07, 6.45) is 7.52. The van der Waals surface area contributed by atoms with Crippen LogP contribution in [0.15, 0.2) is 49.1 Å². The summed E-state index contributed by atoms with van der Waals surface area (Å²) in [6.45, 7) is 3.92. The Hall–Kier alpha value is -2.69. The zero-order valence-electron chi connectivity index (χ0n) is 14.0. The molecule has 2 heterocycles. The van der Waals surface area contributed by atoms with Crippen molar-refractivity contribution in [3.05, 3.63) is 60.2 Å². The lowest BCUT2D eigenvalue weighted by Crippen LogP contribution is -2.25. The van der Waals surface area contributed by atoms with Crippen LogP contribution in [-0.4, -0.2) is 27.2 Å². The van der Waals surface area contributed by atoms with Crippen molar-refractivity contribution < 1.29 is 4.79 Å². The van der Waals surface area contributed by atoms with E-state index in [0.717, 1.165) is 11.1 Å². The zero-order valence-corrected chi connectivity index (χ0v) is 14.0. The molecule has 2 aromatic rings. The fourth-order valence-electron chi connectivity index (χ4n) is 2.55. The molecule has 5 nitrogen and oxygen atoms in total. The standard InChI is InChI=1S/C19H22N4O/c1-13(15-5-3-7-22-11-15)9-17(20)19(24)18(21)10-14(2)16-6-4-8-23-12-16/h3-8,11-14,20-21H,9-10H2,1-2H3. The van der Waals surface area contributed by atoms with Gasteiger partial charge in [0.05, 0.1) is 11.4 Å². The van der Waals surface area contributed by atoms with Crippen LogP contribution in [0.3, 0.4) is 0 Å². The Balaban J connectivity index is 1.92. The van der Waals surface area contributed by atoms with Crippen molar-refractivity contribution >= 4 is 17.2 Å².